The fourth-order valence-corrected chi connectivity index (χ4v) is 2.40. The van der Waals surface area contributed by atoms with Crippen molar-refractivity contribution in [2.24, 2.45) is 0 Å². The summed E-state index contributed by atoms with van der Waals surface area (Å²) in [6, 6.07) is 13.4. The average Bonchev–Trinajstić information content (AvgIpc) is 2.40. The van der Waals surface area contributed by atoms with E-state index in [-0.39, 0.29) is 5.91 Å². The molecule has 1 N–H and O–H groups in total. The van der Waals surface area contributed by atoms with Gasteiger partial charge in [-0.1, -0.05) is 40.2 Å². The highest BCUT2D eigenvalue weighted by molar-refractivity contribution is 9.10. The van der Waals surface area contributed by atoms with Crippen LogP contribution in [-0.2, 0) is 6.54 Å². The molecule has 0 aliphatic heterocycles. The number of amides is 1. The molecule has 0 aliphatic rings. The lowest BCUT2D eigenvalue weighted by atomic mass is 10.1. The first-order valence-corrected chi connectivity index (χ1v) is 7.13. The second kappa shape index (κ2) is 6.26. The van der Waals surface area contributed by atoms with E-state index >= 15 is 0 Å². The molecule has 19 heavy (non-hydrogen) atoms. The third kappa shape index (κ3) is 3.61. The van der Waals surface area contributed by atoms with Gasteiger partial charge >= 0.3 is 0 Å². The predicted molar refractivity (Wildman–Crippen MR) is 83.7 cm³/mol. The first-order chi connectivity index (χ1) is 9.08. The van der Waals surface area contributed by atoms with Gasteiger partial charge in [-0.25, -0.2) is 0 Å². The molecule has 0 fully saturated rings. The summed E-state index contributed by atoms with van der Waals surface area (Å²) in [5, 5.41) is 2.92. The Morgan fingerprint density at radius 1 is 1.26 bits per heavy atom. The molecule has 0 saturated carbocycles. The van der Waals surface area contributed by atoms with Gasteiger partial charge in [0.05, 0.1) is 0 Å². The number of nitrogens with one attached hydrogen (secondary N) is 1. The number of halogens is 1. The summed E-state index contributed by atoms with van der Waals surface area (Å²) in [5.74, 6) is -0.0795. The minimum absolute atomic E-state index is 0.0795. The zero-order valence-corrected chi connectivity index (χ0v) is 13.0. The Morgan fingerprint density at radius 3 is 2.74 bits per heavy atom. The highest BCUT2D eigenvalue weighted by Gasteiger charge is 2.09. The molecule has 4 heteroatoms. The zero-order valence-electron chi connectivity index (χ0n) is 10.5. The van der Waals surface area contributed by atoms with E-state index < -0.39 is 0 Å². The van der Waals surface area contributed by atoms with Crippen LogP contribution in [0.15, 0.2) is 51.8 Å². The van der Waals surface area contributed by atoms with Crippen LogP contribution in [-0.4, -0.2) is 5.91 Å². The number of thiol groups is 1. The summed E-state index contributed by atoms with van der Waals surface area (Å²) in [5.41, 5.74) is 2.66. The van der Waals surface area contributed by atoms with E-state index in [1.165, 1.54) is 0 Å². The molecular formula is C15H14BrNOS. The van der Waals surface area contributed by atoms with E-state index in [0.29, 0.717) is 12.1 Å². The van der Waals surface area contributed by atoms with Crippen LogP contribution in [0.4, 0.5) is 0 Å². The number of carbonyl (C=O) groups excluding carboxylic acids is 1. The van der Waals surface area contributed by atoms with Gasteiger partial charge in [-0.2, -0.15) is 0 Å². The van der Waals surface area contributed by atoms with Crippen molar-refractivity contribution in [1.82, 2.24) is 5.32 Å². The second-order valence-electron chi connectivity index (χ2n) is 4.27. The smallest absolute Gasteiger partial charge is 0.251 e. The standard InChI is InChI=1S/C15H14BrNOS/c1-10-6-7-12(19)8-13(10)15(18)17-9-11-4-2-3-5-14(11)16/h2-8,19H,9H2,1H3,(H,17,18). The van der Waals surface area contributed by atoms with E-state index in [4.69, 9.17) is 0 Å². The fraction of sp³-hybridized carbons (Fsp3) is 0.133. The maximum absolute atomic E-state index is 12.1. The van der Waals surface area contributed by atoms with E-state index in [1.807, 2.05) is 43.3 Å². The first kappa shape index (κ1) is 14.2. The van der Waals surface area contributed by atoms with Gasteiger partial charge in [-0.3, -0.25) is 4.79 Å². The molecule has 0 aromatic heterocycles. The molecule has 0 saturated heterocycles. The molecule has 2 aromatic carbocycles. The predicted octanol–water partition coefficient (Wildman–Crippen LogP) is 3.98. The number of hydrogen-bond acceptors (Lipinski definition) is 2. The summed E-state index contributed by atoms with van der Waals surface area (Å²) in [6.07, 6.45) is 0. The number of rotatable bonds is 3. The van der Waals surface area contributed by atoms with Crippen molar-refractivity contribution in [3.05, 3.63) is 63.6 Å². The quantitative estimate of drug-likeness (QED) is 0.816. The van der Waals surface area contributed by atoms with Crippen molar-refractivity contribution in [2.75, 3.05) is 0 Å². The molecule has 0 atom stereocenters. The molecule has 0 bridgehead atoms. The lowest BCUT2D eigenvalue weighted by molar-refractivity contribution is 0.0950. The van der Waals surface area contributed by atoms with Gasteiger partial charge in [0.25, 0.3) is 5.91 Å². The Kier molecular flexibility index (Phi) is 4.66. The van der Waals surface area contributed by atoms with Crippen molar-refractivity contribution < 1.29 is 4.79 Å². The van der Waals surface area contributed by atoms with Crippen molar-refractivity contribution >= 4 is 34.5 Å². The Morgan fingerprint density at radius 2 is 2.00 bits per heavy atom. The summed E-state index contributed by atoms with van der Waals surface area (Å²) >= 11 is 7.73. The van der Waals surface area contributed by atoms with Crippen LogP contribution in [0.5, 0.6) is 0 Å². The van der Waals surface area contributed by atoms with E-state index in [9.17, 15) is 4.79 Å². The number of hydrogen-bond donors (Lipinski definition) is 2. The molecule has 0 spiro atoms. The van der Waals surface area contributed by atoms with Gasteiger partial charge in [0.1, 0.15) is 0 Å². The Labute approximate surface area is 126 Å². The molecule has 2 nitrogen and oxygen atoms in total. The molecule has 0 aliphatic carbocycles. The van der Waals surface area contributed by atoms with Gasteiger partial charge in [0.2, 0.25) is 0 Å². The minimum Gasteiger partial charge on any atom is -0.348 e. The third-order valence-electron chi connectivity index (χ3n) is 2.86. The normalized spacial score (nSPS) is 10.3. The highest BCUT2D eigenvalue weighted by atomic mass is 79.9. The lowest BCUT2D eigenvalue weighted by Crippen LogP contribution is -2.23. The third-order valence-corrected chi connectivity index (χ3v) is 3.91. The summed E-state index contributed by atoms with van der Waals surface area (Å²) in [4.78, 5) is 12.9. The molecular weight excluding hydrogens is 322 g/mol. The largest absolute Gasteiger partial charge is 0.348 e. The Balaban J connectivity index is 2.10. The molecule has 98 valence electrons. The number of benzene rings is 2. The van der Waals surface area contributed by atoms with Gasteiger partial charge < -0.3 is 5.32 Å². The van der Waals surface area contributed by atoms with Crippen molar-refractivity contribution in [1.29, 1.82) is 0 Å². The van der Waals surface area contributed by atoms with Crippen LogP contribution in [0.3, 0.4) is 0 Å². The van der Waals surface area contributed by atoms with Crippen LogP contribution in [0.25, 0.3) is 0 Å². The van der Waals surface area contributed by atoms with Crippen LogP contribution in [0.2, 0.25) is 0 Å². The first-order valence-electron chi connectivity index (χ1n) is 5.89. The fourth-order valence-electron chi connectivity index (χ4n) is 1.77. The highest BCUT2D eigenvalue weighted by Crippen LogP contribution is 2.17. The van der Waals surface area contributed by atoms with Crippen LogP contribution >= 0.6 is 28.6 Å². The molecule has 2 rings (SSSR count). The van der Waals surface area contributed by atoms with Crippen LogP contribution in [0.1, 0.15) is 21.5 Å². The lowest BCUT2D eigenvalue weighted by Gasteiger charge is -2.09. The van der Waals surface area contributed by atoms with Gasteiger partial charge in [0, 0.05) is 21.5 Å². The maximum Gasteiger partial charge on any atom is 0.251 e. The average molecular weight is 336 g/mol. The van der Waals surface area contributed by atoms with Crippen LogP contribution < -0.4 is 5.32 Å². The topological polar surface area (TPSA) is 29.1 Å². The van der Waals surface area contributed by atoms with Crippen molar-refractivity contribution in [3.8, 4) is 0 Å². The monoisotopic (exact) mass is 335 g/mol. The molecule has 1 amide bonds. The van der Waals surface area contributed by atoms with Crippen molar-refractivity contribution in [3.63, 3.8) is 0 Å². The summed E-state index contributed by atoms with van der Waals surface area (Å²) in [6.45, 7) is 2.41. The molecule has 0 unspecified atom stereocenters. The summed E-state index contributed by atoms with van der Waals surface area (Å²) < 4.78 is 0.995. The molecule has 0 radical (unpaired) electrons. The molecule has 2 aromatic rings. The maximum atomic E-state index is 12.1. The molecule has 0 heterocycles. The Bertz CT molecular complexity index is 613. The van der Waals surface area contributed by atoms with E-state index in [0.717, 1.165) is 20.5 Å². The van der Waals surface area contributed by atoms with Gasteiger partial charge in [-0.05, 0) is 36.2 Å². The van der Waals surface area contributed by atoms with E-state index in [2.05, 4.69) is 33.9 Å². The van der Waals surface area contributed by atoms with E-state index in [1.54, 1.807) is 6.07 Å². The zero-order chi connectivity index (χ0) is 13.8. The second-order valence-corrected chi connectivity index (χ2v) is 5.64. The van der Waals surface area contributed by atoms with Gasteiger partial charge in [-0.15, -0.1) is 12.6 Å². The van der Waals surface area contributed by atoms with Gasteiger partial charge in [0.15, 0.2) is 0 Å². The number of carbonyl (C=O) groups is 1. The Hall–Kier alpha value is -1.26. The summed E-state index contributed by atoms with van der Waals surface area (Å²) in [7, 11) is 0. The minimum atomic E-state index is -0.0795. The van der Waals surface area contributed by atoms with Crippen molar-refractivity contribution in [2.45, 2.75) is 18.4 Å². The SMILES string of the molecule is Cc1ccc(S)cc1C(=O)NCc1ccccc1Br. The van der Waals surface area contributed by atoms with Crippen LogP contribution in [0, 0.1) is 6.92 Å². The number of aryl methyl sites for hydroxylation is 1.